The zero-order valence-electron chi connectivity index (χ0n) is 14.0. The number of carbonyl (C=O) groups excluding carboxylic acids is 1. The zero-order valence-corrected chi connectivity index (χ0v) is 14.8. The molecule has 0 aliphatic carbocycles. The Bertz CT molecular complexity index is 725. The highest BCUT2D eigenvalue weighted by molar-refractivity contribution is 6.30. The molecule has 24 heavy (non-hydrogen) atoms. The summed E-state index contributed by atoms with van der Waals surface area (Å²) in [4.78, 5) is 11.8. The van der Waals surface area contributed by atoms with Crippen LogP contribution in [0.3, 0.4) is 0 Å². The zero-order chi connectivity index (χ0) is 17.5. The van der Waals surface area contributed by atoms with Gasteiger partial charge in [0.05, 0.1) is 6.21 Å². The second-order valence-corrected chi connectivity index (χ2v) is 6.25. The maximum absolute atomic E-state index is 11.8. The first-order chi connectivity index (χ1) is 11.5. The molecule has 0 saturated heterocycles. The normalized spacial score (nSPS) is 11.0. The molecule has 0 fully saturated rings. The number of hydrazone groups is 1. The number of carbonyl (C=O) groups is 1. The molecule has 0 heterocycles. The molecule has 0 saturated carbocycles. The largest absolute Gasteiger partial charge is 0.483 e. The number of amides is 1. The first kappa shape index (κ1) is 18.0. The van der Waals surface area contributed by atoms with E-state index >= 15 is 0 Å². The predicted molar refractivity (Wildman–Crippen MR) is 98.0 cm³/mol. The maximum Gasteiger partial charge on any atom is 0.277 e. The van der Waals surface area contributed by atoms with Crippen molar-refractivity contribution in [2.75, 3.05) is 6.61 Å². The summed E-state index contributed by atoms with van der Waals surface area (Å²) in [5, 5.41) is 4.56. The van der Waals surface area contributed by atoms with Gasteiger partial charge in [0.15, 0.2) is 6.61 Å². The third kappa shape index (κ3) is 5.39. The quantitative estimate of drug-likeness (QED) is 0.627. The molecule has 2 aromatic carbocycles. The van der Waals surface area contributed by atoms with Crippen molar-refractivity contribution >= 4 is 23.7 Å². The molecular weight excluding hydrogens is 324 g/mol. The Hall–Kier alpha value is -2.33. The molecular formula is C19H21ClN2O2. The molecule has 2 rings (SSSR count). The summed E-state index contributed by atoms with van der Waals surface area (Å²) < 4.78 is 5.60. The van der Waals surface area contributed by atoms with Gasteiger partial charge in [-0.2, -0.15) is 5.10 Å². The van der Waals surface area contributed by atoms with Gasteiger partial charge in [-0.3, -0.25) is 4.79 Å². The van der Waals surface area contributed by atoms with E-state index in [2.05, 4.69) is 30.4 Å². The van der Waals surface area contributed by atoms with Gasteiger partial charge in [0.1, 0.15) is 5.75 Å². The van der Waals surface area contributed by atoms with Crippen LogP contribution in [0.5, 0.6) is 5.75 Å². The fourth-order valence-electron chi connectivity index (χ4n) is 2.03. The molecule has 0 aliphatic heterocycles. The Kier molecular flexibility index (Phi) is 6.38. The maximum atomic E-state index is 11.8. The van der Waals surface area contributed by atoms with Crippen LogP contribution >= 0.6 is 11.6 Å². The Morgan fingerprint density at radius 3 is 2.62 bits per heavy atom. The van der Waals surface area contributed by atoms with E-state index in [0.717, 1.165) is 16.9 Å². The lowest BCUT2D eigenvalue weighted by Gasteiger charge is -2.12. The molecule has 1 amide bonds. The summed E-state index contributed by atoms with van der Waals surface area (Å²) >= 11 is 5.81. The highest BCUT2D eigenvalue weighted by Crippen LogP contribution is 2.24. The molecule has 4 nitrogen and oxygen atoms in total. The van der Waals surface area contributed by atoms with Crippen molar-refractivity contribution in [2.45, 2.75) is 26.7 Å². The molecule has 0 aromatic heterocycles. The highest BCUT2D eigenvalue weighted by atomic mass is 35.5. The summed E-state index contributed by atoms with van der Waals surface area (Å²) in [7, 11) is 0. The van der Waals surface area contributed by atoms with Crippen molar-refractivity contribution in [3.63, 3.8) is 0 Å². The molecule has 5 heteroatoms. The molecule has 0 aliphatic rings. The topological polar surface area (TPSA) is 50.7 Å². The van der Waals surface area contributed by atoms with Crippen LogP contribution in [0.2, 0.25) is 5.02 Å². The molecule has 0 unspecified atom stereocenters. The number of ether oxygens (including phenoxy) is 1. The number of rotatable bonds is 6. The molecule has 0 atom stereocenters. The van der Waals surface area contributed by atoms with E-state index in [1.54, 1.807) is 18.3 Å². The van der Waals surface area contributed by atoms with Gasteiger partial charge in [0, 0.05) is 5.02 Å². The van der Waals surface area contributed by atoms with Gasteiger partial charge >= 0.3 is 0 Å². The summed E-state index contributed by atoms with van der Waals surface area (Å²) in [6.45, 7) is 6.11. The third-order valence-electron chi connectivity index (χ3n) is 3.51. The number of benzene rings is 2. The van der Waals surface area contributed by atoms with Gasteiger partial charge in [-0.15, -0.1) is 0 Å². The van der Waals surface area contributed by atoms with Crippen molar-refractivity contribution in [3.8, 4) is 5.75 Å². The van der Waals surface area contributed by atoms with Gasteiger partial charge < -0.3 is 4.74 Å². The van der Waals surface area contributed by atoms with Crippen LogP contribution in [0.15, 0.2) is 47.6 Å². The van der Waals surface area contributed by atoms with Crippen molar-refractivity contribution in [2.24, 2.45) is 5.10 Å². The van der Waals surface area contributed by atoms with E-state index in [1.165, 1.54) is 5.56 Å². The number of nitrogens with one attached hydrogen (secondary N) is 1. The van der Waals surface area contributed by atoms with Gasteiger partial charge in [-0.1, -0.05) is 49.7 Å². The second kappa shape index (κ2) is 8.50. The van der Waals surface area contributed by atoms with E-state index in [-0.39, 0.29) is 12.5 Å². The van der Waals surface area contributed by atoms with Gasteiger partial charge in [0.25, 0.3) is 5.91 Å². The summed E-state index contributed by atoms with van der Waals surface area (Å²) in [5.74, 6) is 0.818. The van der Waals surface area contributed by atoms with E-state index in [4.69, 9.17) is 16.3 Å². The Labute approximate surface area is 147 Å². The minimum absolute atomic E-state index is 0.0830. The monoisotopic (exact) mass is 344 g/mol. The van der Waals surface area contributed by atoms with Crippen molar-refractivity contribution in [1.29, 1.82) is 0 Å². The molecule has 2 aromatic rings. The standard InChI is InChI=1S/C19H21ClN2O2/c1-13(2)16-7-4-14(3)18(10-16)24-12-19(23)22-21-11-15-5-8-17(20)9-6-15/h4-11,13H,12H2,1-3H3,(H,22,23)/b21-11-. The SMILES string of the molecule is Cc1ccc(C(C)C)cc1OCC(=O)N/N=C\c1ccc(Cl)cc1. The number of hydrogen-bond donors (Lipinski definition) is 1. The Morgan fingerprint density at radius 1 is 1.25 bits per heavy atom. The number of nitrogens with zero attached hydrogens (tertiary/aromatic N) is 1. The van der Waals surface area contributed by atoms with E-state index < -0.39 is 0 Å². The fraction of sp³-hybridized carbons (Fsp3) is 0.263. The first-order valence-corrected chi connectivity index (χ1v) is 8.14. The van der Waals surface area contributed by atoms with Crippen molar-refractivity contribution in [1.82, 2.24) is 5.43 Å². The highest BCUT2D eigenvalue weighted by Gasteiger charge is 2.07. The van der Waals surface area contributed by atoms with Crippen LogP contribution in [0.4, 0.5) is 0 Å². The number of halogens is 1. The van der Waals surface area contributed by atoms with Crippen molar-refractivity contribution in [3.05, 3.63) is 64.2 Å². The molecule has 0 radical (unpaired) electrons. The van der Waals surface area contributed by atoms with Crippen molar-refractivity contribution < 1.29 is 9.53 Å². The number of aryl methyl sites for hydroxylation is 1. The Balaban J connectivity index is 1.87. The average molecular weight is 345 g/mol. The van der Waals surface area contributed by atoms with Crippen LogP contribution in [-0.4, -0.2) is 18.7 Å². The summed E-state index contributed by atoms with van der Waals surface area (Å²) in [5.41, 5.74) is 5.47. The molecule has 0 spiro atoms. The summed E-state index contributed by atoms with van der Waals surface area (Å²) in [6, 6.07) is 13.2. The van der Waals surface area contributed by atoms with E-state index in [9.17, 15) is 4.79 Å². The second-order valence-electron chi connectivity index (χ2n) is 5.81. The van der Waals surface area contributed by atoms with Crippen LogP contribution in [0.25, 0.3) is 0 Å². The molecule has 0 bridgehead atoms. The predicted octanol–water partition coefficient (Wildman–Crippen LogP) is 4.30. The molecule has 1 N–H and O–H groups in total. The lowest BCUT2D eigenvalue weighted by molar-refractivity contribution is -0.123. The number of hydrogen-bond acceptors (Lipinski definition) is 3. The van der Waals surface area contributed by atoms with Gasteiger partial charge in [0.2, 0.25) is 0 Å². The minimum Gasteiger partial charge on any atom is -0.483 e. The van der Waals surface area contributed by atoms with Crippen LogP contribution < -0.4 is 10.2 Å². The fourth-order valence-corrected chi connectivity index (χ4v) is 2.16. The van der Waals surface area contributed by atoms with Crippen LogP contribution in [-0.2, 0) is 4.79 Å². The van der Waals surface area contributed by atoms with Gasteiger partial charge in [-0.25, -0.2) is 5.43 Å². The Morgan fingerprint density at radius 2 is 1.96 bits per heavy atom. The first-order valence-electron chi connectivity index (χ1n) is 7.76. The van der Waals surface area contributed by atoms with Crippen LogP contribution in [0.1, 0.15) is 36.5 Å². The van der Waals surface area contributed by atoms with Gasteiger partial charge in [-0.05, 0) is 47.7 Å². The van der Waals surface area contributed by atoms with E-state index in [1.807, 2.05) is 31.2 Å². The average Bonchev–Trinajstić information content (AvgIpc) is 2.55. The lowest BCUT2D eigenvalue weighted by Crippen LogP contribution is -2.24. The third-order valence-corrected chi connectivity index (χ3v) is 3.76. The smallest absolute Gasteiger partial charge is 0.277 e. The molecule has 126 valence electrons. The lowest BCUT2D eigenvalue weighted by atomic mass is 10.0. The van der Waals surface area contributed by atoms with Crippen LogP contribution in [0, 0.1) is 6.92 Å². The summed E-state index contributed by atoms with van der Waals surface area (Å²) in [6.07, 6.45) is 1.55. The minimum atomic E-state index is -0.311. The van der Waals surface area contributed by atoms with E-state index in [0.29, 0.717) is 10.9 Å².